The minimum Gasteiger partial charge on any atom is -0.481 e. The van der Waals surface area contributed by atoms with Gasteiger partial charge in [-0.05, 0) is 25.7 Å². The lowest BCUT2D eigenvalue weighted by Crippen LogP contribution is -2.56. The largest absolute Gasteiger partial charge is 0.481 e. The van der Waals surface area contributed by atoms with E-state index < -0.39 is 17.6 Å². The van der Waals surface area contributed by atoms with Gasteiger partial charge in [0, 0.05) is 17.4 Å². The monoisotopic (exact) mass is 390 g/mol. The molecule has 9 nitrogen and oxygen atoms in total. The van der Waals surface area contributed by atoms with Crippen molar-refractivity contribution in [1.82, 2.24) is 10.6 Å². The minimum atomic E-state index is -1.53. The number of aliphatic carboxylic acids is 2. The summed E-state index contributed by atoms with van der Waals surface area (Å²) < 4.78 is 0. The zero-order valence-electron chi connectivity index (χ0n) is 15.1. The van der Waals surface area contributed by atoms with E-state index in [1.54, 1.807) is 0 Å². The van der Waals surface area contributed by atoms with Crippen LogP contribution < -0.4 is 22.1 Å². The standard InChI is InChI=1S/C10H16N2O3S.C6H14N2O2/c13-8(14)4-2-1-3-7-9-6(5-16-7)11-10(15)12-9;1-2-3-4-6(7,8)5(9)10/h6-7,9H,1-5H2,(H,13,14)(H2,11,12,15);2-4,7-8H2,1H3,(H,9,10)/t6-,7-,9-;/m0./s1. The summed E-state index contributed by atoms with van der Waals surface area (Å²) in [5.74, 6) is -0.902. The molecule has 0 bridgehead atoms. The maximum Gasteiger partial charge on any atom is 0.338 e. The number of nitrogens with one attached hydrogen (secondary N) is 2. The predicted octanol–water partition coefficient (Wildman–Crippen LogP) is 0.672. The third kappa shape index (κ3) is 7.38. The number of urea groups is 1. The third-order valence-electron chi connectivity index (χ3n) is 4.41. The summed E-state index contributed by atoms with van der Waals surface area (Å²) in [5.41, 5.74) is 8.92. The Bertz CT molecular complexity index is 503. The number of hydrogen-bond donors (Lipinski definition) is 6. The van der Waals surface area contributed by atoms with E-state index in [4.69, 9.17) is 21.7 Å². The van der Waals surface area contributed by atoms with Crippen molar-refractivity contribution in [2.75, 3.05) is 5.75 Å². The SMILES string of the molecule is CCCCC(N)(N)C(=O)O.O=C(O)CCCC[C@@H]1SC[C@@H]2NC(=O)N[C@@H]21. The number of carboxylic acid groups (broad SMARTS) is 2. The lowest BCUT2D eigenvalue weighted by Gasteiger charge is -2.17. The lowest BCUT2D eigenvalue weighted by atomic mass is 10.0. The topological polar surface area (TPSA) is 168 Å². The molecule has 0 spiro atoms. The fraction of sp³-hybridized carbons (Fsp3) is 0.812. The Labute approximate surface area is 157 Å². The second-order valence-electron chi connectivity index (χ2n) is 6.71. The van der Waals surface area contributed by atoms with Crippen LogP contribution >= 0.6 is 11.8 Å². The molecule has 2 saturated heterocycles. The normalized spacial score (nSPS) is 24.1. The van der Waals surface area contributed by atoms with Crippen LogP contribution in [0.3, 0.4) is 0 Å². The van der Waals surface area contributed by atoms with E-state index >= 15 is 0 Å². The Hall–Kier alpha value is -1.52. The number of carbonyl (C=O) groups excluding carboxylic acids is 1. The van der Waals surface area contributed by atoms with E-state index in [1.165, 1.54) is 0 Å². The van der Waals surface area contributed by atoms with Crippen LogP contribution in [0.15, 0.2) is 0 Å². The van der Waals surface area contributed by atoms with E-state index in [0.29, 0.717) is 11.7 Å². The van der Waals surface area contributed by atoms with Gasteiger partial charge in [-0.15, -0.1) is 0 Å². The molecule has 0 aromatic heterocycles. The van der Waals surface area contributed by atoms with E-state index in [1.807, 2.05) is 18.7 Å². The van der Waals surface area contributed by atoms with Crippen LogP contribution in [-0.2, 0) is 9.59 Å². The Morgan fingerprint density at radius 2 is 1.92 bits per heavy atom. The molecule has 2 amide bonds. The summed E-state index contributed by atoms with van der Waals surface area (Å²) in [4.78, 5) is 31.7. The van der Waals surface area contributed by atoms with Gasteiger partial charge in [-0.25, -0.2) is 9.59 Å². The van der Waals surface area contributed by atoms with Crippen LogP contribution in [0.5, 0.6) is 0 Å². The van der Waals surface area contributed by atoms with Crippen molar-refractivity contribution in [2.45, 2.75) is 74.9 Å². The van der Waals surface area contributed by atoms with Gasteiger partial charge in [-0.1, -0.05) is 19.8 Å². The smallest absolute Gasteiger partial charge is 0.338 e. The van der Waals surface area contributed by atoms with Crippen molar-refractivity contribution < 1.29 is 24.6 Å². The summed E-state index contributed by atoms with van der Waals surface area (Å²) in [7, 11) is 0. The van der Waals surface area contributed by atoms with Crippen molar-refractivity contribution in [3.63, 3.8) is 0 Å². The molecule has 0 aliphatic carbocycles. The Balaban J connectivity index is 0.000000294. The van der Waals surface area contributed by atoms with Gasteiger partial charge in [0.15, 0.2) is 5.66 Å². The first kappa shape index (κ1) is 22.5. The molecule has 0 radical (unpaired) electrons. The van der Waals surface area contributed by atoms with Crippen molar-refractivity contribution in [3.8, 4) is 0 Å². The van der Waals surface area contributed by atoms with Crippen LogP contribution in [-0.4, -0.2) is 56.9 Å². The Morgan fingerprint density at radius 1 is 1.23 bits per heavy atom. The number of unbranched alkanes of at least 4 members (excludes halogenated alkanes) is 2. The second-order valence-corrected chi connectivity index (χ2v) is 7.98. The van der Waals surface area contributed by atoms with Gasteiger partial charge in [0.1, 0.15) is 0 Å². The molecule has 3 atom stereocenters. The summed E-state index contributed by atoms with van der Waals surface area (Å²) in [6, 6.07) is 0.440. The number of fused-ring (bicyclic) bond motifs is 1. The number of nitrogens with two attached hydrogens (primary N) is 2. The van der Waals surface area contributed by atoms with Gasteiger partial charge in [0.25, 0.3) is 0 Å². The molecule has 0 aromatic carbocycles. The molecule has 2 aliphatic rings. The molecule has 2 aliphatic heterocycles. The average Bonchev–Trinajstić information content (AvgIpc) is 3.09. The van der Waals surface area contributed by atoms with Crippen molar-refractivity contribution in [3.05, 3.63) is 0 Å². The Morgan fingerprint density at radius 3 is 2.50 bits per heavy atom. The van der Waals surface area contributed by atoms with Crippen molar-refractivity contribution in [2.24, 2.45) is 11.5 Å². The number of thioether (sulfide) groups is 1. The van der Waals surface area contributed by atoms with E-state index in [9.17, 15) is 14.4 Å². The zero-order chi connectivity index (χ0) is 19.7. The van der Waals surface area contributed by atoms with Gasteiger partial charge in [0.2, 0.25) is 0 Å². The molecule has 8 N–H and O–H groups in total. The predicted molar refractivity (Wildman–Crippen MR) is 99.9 cm³/mol. The molecule has 10 heteroatoms. The average molecular weight is 391 g/mol. The first-order valence-electron chi connectivity index (χ1n) is 8.89. The maximum atomic E-state index is 11.1. The molecule has 0 aromatic rings. The first-order chi connectivity index (χ1) is 12.2. The number of carbonyl (C=O) groups is 3. The van der Waals surface area contributed by atoms with Gasteiger partial charge in [-0.2, -0.15) is 11.8 Å². The van der Waals surface area contributed by atoms with Crippen LogP contribution in [0.25, 0.3) is 0 Å². The van der Waals surface area contributed by atoms with Gasteiger partial charge in [-0.3, -0.25) is 4.79 Å². The summed E-state index contributed by atoms with van der Waals surface area (Å²) in [6.45, 7) is 1.96. The van der Waals surface area contributed by atoms with E-state index in [2.05, 4.69) is 10.6 Å². The molecule has 2 heterocycles. The first-order valence-corrected chi connectivity index (χ1v) is 9.93. The van der Waals surface area contributed by atoms with Crippen molar-refractivity contribution in [1.29, 1.82) is 0 Å². The fourth-order valence-electron chi connectivity index (χ4n) is 2.84. The molecular formula is C16H30N4O5S. The van der Waals surface area contributed by atoms with Crippen LogP contribution in [0.1, 0.15) is 51.9 Å². The van der Waals surface area contributed by atoms with Crippen LogP contribution in [0.4, 0.5) is 4.79 Å². The molecule has 26 heavy (non-hydrogen) atoms. The van der Waals surface area contributed by atoms with Gasteiger partial charge < -0.3 is 32.3 Å². The number of carboxylic acids is 2. The van der Waals surface area contributed by atoms with Gasteiger partial charge in [0.05, 0.1) is 12.1 Å². The van der Waals surface area contributed by atoms with E-state index in [0.717, 1.165) is 37.9 Å². The molecule has 0 unspecified atom stereocenters. The van der Waals surface area contributed by atoms with E-state index in [-0.39, 0.29) is 24.5 Å². The third-order valence-corrected chi connectivity index (χ3v) is 5.92. The maximum absolute atomic E-state index is 11.1. The summed E-state index contributed by atoms with van der Waals surface area (Å²) >= 11 is 1.87. The quantitative estimate of drug-likeness (QED) is 0.190. The Kier molecular flexibility index (Phi) is 9.17. The second kappa shape index (κ2) is 10.6. The highest BCUT2D eigenvalue weighted by molar-refractivity contribution is 8.00. The van der Waals surface area contributed by atoms with Crippen LogP contribution in [0.2, 0.25) is 0 Å². The molecule has 2 fully saturated rings. The fourth-order valence-corrected chi connectivity index (χ4v) is 4.38. The zero-order valence-corrected chi connectivity index (χ0v) is 15.9. The summed E-state index contributed by atoms with van der Waals surface area (Å²) in [5, 5.41) is 23.2. The minimum absolute atomic E-state index is 0.0640. The number of hydrogen-bond acceptors (Lipinski definition) is 6. The van der Waals surface area contributed by atoms with Crippen molar-refractivity contribution >= 4 is 29.7 Å². The number of rotatable bonds is 9. The molecule has 2 rings (SSSR count). The summed E-state index contributed by atoms with van der Waals surface area (Å²) in [6.07, 6.45) is 4.87. The lowest BCUT2D eigenvalue weighted by molar-refractivity contribution is -0.143. The molecule has 150 valence electrons. The molecular weight excluding hydrogens is 360 g/mol. The van der Waals surface area contributed by atoms with Crippen LogP contribution in [0, 0.1) is 0 Å². The highest BCUT2D eigenvalue weighted by atomic mass is 32.2. The number of amides is 2. The highest BCUT2D eigenvalue weighted by Gasteiger charge is 2.42. The highest BCUT2D eigenvalue weighted by Crippen LogP contribution is 2.33. The van der Waals surface area contributed by atoms with Gasteiger partial charge >= 0.3 is 18.0 Å². The molecule has 0 saturated carbocycles.